The van der Waals surface area contributed by atoms with Gasteiger partial charge in [-0.3, -0.25) is 14.5 Å². The van der Waals surface area contributed by atoms with Crippen LogP contribution >= 0.6 is 23.5 Å². The zero-order chi connectivity index (χ0) is 37.6. The third-order valence-electron chi connectivity index (χ3n) is 10.1. The summed E-state index contributed by atoms with van der Waals surface area (Å²) in [4.78, 5) is 38.3. The fourth-order valence-electron chi connectivity index (χ4n) is 7.14. The molecule has 1 heterocycles. The summed E-state index contributed by atoms with van der Waals surface area (Å²) in [5.74, 6) is -0.0947. The highest BCUT2D eigenvalue weighted by Gasteiger charge is 2.35. The minimum absolute atomic E-state index is 0.183. The van der Waals surface area contributed by atoms with Crippen molar-refractivity contribution in [2.24, 2.45) is 11.8 Å². The number of hydrogen-bond donors (Lipinski definition) is 3. The molecule has 0 spiro atoms. The topological polar surface area (TPSA) is 141 Å². The number of amides is 1. The van der Waals surface area contributed by atoms with Gasteiger partial charge in [-0.15, -0.1) is 0 Å². The van der Waals surface area contributed by atoms with Gasteiger partial charge >= 0.3 is 11.9 Å². The second-order valence-corrected chi connectivity index (χ2v) is 18.4. The summed E-state index contributed by atoms with van der Waals surface area (Å²) >= 11 is 3.59. The number of aryl methyl sites for hydroxylation is 1. The fourth-order valence-corrected chi connectivity index (χ4v) is 9.14. The van der Waals surface area contributed by atoms with E-state index in [9.17, 15) is 27.9 Å². The maximum atomic E-state index is 13.5. The number of rotatable bonds is 17. The molecule has 51 heavy (non-hydrogen) atoms. The molecule has 1 saturated carbocycles. The molecule has 4 rings (SSSR count). The number of sulfone groups is 1. The number of aliphatic carboxylic acids is 2. The van der Waals surface area contributed by atoms with E-state index in [4.69, 9.17) is 5.11 Å². The monoisotopic (exact) mass is 762 g/mol. The lowest BCUT2D eigenvalue weighted by molar-refractivity contribution is -0.141. The highest BCUT2D eigenvalue weighted by molar-refractivity contribution is 7.98. The fraction of sp³-hybridized carbons (Fsp3) is 0.615. The van der Waals surface area contributed by atoms with Crippen LogP contribution in [0.3, 0.4) is 0 Å². The molecule has 3 unspecified atom stereocenters. The maximum Gasteiger partial charge on any atom is 0.326 e. The number of carbonyl (C=O) groups excluding carboxylic acids is 1. The molecule has 3 N–H and O–H groups in total. The lowest BCUT2D eigenvalue weighted by atomic mass is 9.84. The number of carboxylic acids is 2. The minimum atomic E-state index is -3.37. The van der Waals surface area contributed by atoms with Gasteiger partial charge in [0.25, 0.3) is 5.91 Å². The van der Waals surface area contributed by atoms with E-state index in [1.807, 2.05) is 55.3 Å². The van der Waals surface area contributed by atoms with Crippen LogP contribution in [-0.2, 0) is 26.0 Å². The second kappa shape index (κ2) is 21.2. The molecule has 0 radical (unpaired) electrons. The zero-order valence-electron chi connectivity index (χ0n) is 30.9. The van der Waals surface area contributed by atoms with Gasteiger partial charge in [0.2, 0.25) is 0 Å². The Morgan fingerprint density at radius 1 is 0.902 bits per heavy atom. The highest BCUT2D eigenvalue weighted by Crippen LogP contribution is 2.37. The molecule has 1 aliphatic heterocycles. The van der Waals surface area contributed by atoms with Crippen molar-refractivity contribution in [3.63, 3.8) is 0 Å². The predicted molar refractivity (Wildman–Crippen MR) is 212 cm³/mol. The van der Waals surface area contributed by atoms with Crippen LogP contribution in [0.5, 0.6) is 0 Å². The first-order valence-electron chi connectivity index (χ1n) is 18.1. The third kappa shape index (κ3) is 14.1. The first-order chi connectivity index (χ1) is 24.2. The summed E-state index contributed by atoms with van der Waals surface area (Å²) in [5, 5.41) is 20.7. The molecule has 0 bridgehead atoms. The Labute approximate surface area is 314 Å². The Hall–Kier alpha value is -2.54. The Bertz CT molecular complexity index is 1540. The summed E-state index contributed by atoms with van der Waals surface area (Å²) in [6.45, 7) is 4.55. The number of thioether (sulfide) groups is 2. The molecule has 2 aliphatic rings. The van der Waals surface area contributed by atoms with Gasteiger partial charge in [0, 0.05) is 36.2 Å². The van der Waals surface area contributed by atoms with Crippen LogP contribution in [0.25, 0.3) is 11.1 Å². The lowest BCUT2D eigenvalue weighted by Gasteiger charge is -2.33. The molecule has 0 aromatic heterocycles. The van der Waals surface area contributed by atoms with E-state index in [0.29, 0.717) is 17.6 Å². The predicted octanol–water partition coefficient (Wildman–Crippen LogP) is 7.41. The van der Waals surface area contributed by atoms with Crippen molar-refractivity contribution in [3.05, 3.63) is 59.2 Å². The van der Waals surface area contributed by atoms with E-state index >= 15 is 0 Å². The van der Waals surface area contributed by atoms with Crippen LogP contribution in [0.2, 0.25) is 0 Å². The van der Waals surface area contributed by atoms with Gasteiger partial charge in [-0.2, -0.15) is 23.5 Å². The molecule has 4 atom stereocenters. The Balaban J connectivity index is 0.000000688. The average molecular weight is 763 g/mol. The molecular formula is C39H58N2O7S3. The Morgan fingerprint density at radius 3 is 2.20 bits per heavy atom. The molecule has 12 heteroatoms. The van der Waals surface area contributed by atoms with Gasteiger partial charge in [0.15, 0.2) is 0 Å². The van der Waals surface area contributed by atoms with Gasteiger partial charge in [-0.25, -0.2) is 13.2 Å². The van der Waals surface area contributed by atoms with Crippen LogP contribution in [0.1, 0.15) is 92.6 Å². The van der Waals surface area contributed by atoms with Crippen molar-refractivity contribution in [1.29, 1.82) is 0 Å². The lowest BCUT2D eigenvalue weighted by Crippen LogP contribution is -2.42. The third-order valence-corrected chi connectivity index (χ3v) is 12.5. The van der Waals surface area contributed by atoms with E-state index in [1.54, 1.807) is 24.8 Å². The minimum Gasteiger partial charge on any atom is -0.481 e. The number of carboxylic acid groups (broad SMARTS) is 2. The molecule has 2 aromatic carbocycles. The van der Waals surface area contributed by atoms with Crippen LogP contribution in [0.15, 0.2) is 42.5 Å². The summed E-state index contributed by atoms with van der Waals surface area (Å²) in [6.07, 6.45) is 16.3. The maximum absolute atomic E-state index is 13.5. The van der Waals surface area contributed by atoms with Crippen LogP contribution in [-0.4, -0.2) is 95.5 Å². The van der Waals surface area contributed by atoms with Crippen molar-refractivity contribution in [3.8, 4) is 11.1 Å². The van der Waals surface area contributed by atoms with Gasteiger partial charge < -0.3 is 15.5 Å². The highest BCUT2D eigenvalue weighted by atomic mass is 32.2. The molecule has 1 amide bonds. The SMILES string of the molecule is CSCCC(C)C(=O)O.CSC[C@H]1CCC(CC2CCCCC2)N1Cc1ccc(C(=O)NC(CCS(C)(=O)=O)C(=O)O)c(-c2ccccc2C)c1. The quantitative estimate of drug-likeness (QED) is 0.149. The second-order valence-electron chi connectivity index (χ2n) is 14.3. The van der Waals surface area contributed by atoms with Gasteiger partial charge in [0.1, 0.15) is 15.9 Å². The standard InChI is InChI=1S/C33H46N2O5S2.C6H12O2S/c1-23-9-7-8-12-28(23)30-20-25(13-16-29(30)32(36)34-31(33(37)38)17-18-42(3,39)40)21-35-26(14-15-27(35)22-41-2)19-24-10-5-4-6-11-24;1-5(6(7)8)3-4-9-2/h7-9,12-13,16,20,24,26-27,31H,4-6,10-11,14-15,17-19,21-22H2,1-3H3,(H,34,36)(H,37,38);5H,3-4H2,1-2H3,(H,7,8)/t26?,27-,31?;/m1./s1. The van der Waals surface area contributed by atoms with E-state index in [1.165, 1.54) is 51.4 Å². The van der Waals surface area contributed by atoms with Crippen LogP contribution in [0.4, 0.5) is 0 Å². The average Bonchev–Trinajstić information content (AvgIpc) is 3.45. The molecule has 1 aliphatic carbocycles. The number of nitrogens with zero attached hydrogens (tertiary/aromatic N) is 1. The van der Waals surface area contributed by atoms with Crippen LogP contribution in [0, 0.1) is 18.8 Å². The number of benzene rings is 2. The summed E-state index contributed by atoms with van der Waals surface area (Å²) in [5.41, 5.74) is 4.23. The van der Waals surface area contributed by atoms with E-state index in [-0.39, 0.29) is 18.1 Å². The van der Waals surface area contributed by atoms with Crippen molar-refractivity contribution in [1.82, 2.24) is 10.2 Å². The molecule has 2 aromatic rings. The van der Waals surface area contributed by atoms with Crippen molar-refractivity contribution in [2.45, 2.75) is 103 Å². The van der Waals surface area contributed by atoms with Crippen molar-refractivity contribution in [2.75, 3.05) is 36.0 Å². The first kappa shape index (κ1) is 42.9. The smallest absolute Gasteiger partial charge is 0.326 e. The first-order valence-corrected chi connectivity index (χ1v) is 23.0. The number of likely N-dealkylation sites (tertiary alicyclic amines) is 1. The molecule has 284 valence electrons. The Morgan fingerprint density at radius 2 is 1.59 bits per heavy atom. The van der Waals surface area contributed by atoms with Gasteiger partial charge in [0.05, 0.1) is 11.7 Å². The van der Waals surface area contributed by atoms with E-state index < -0.39 is 33.7 Å². The van der Waals surface area contributed by atoms with E-state index in [0.717, 1.165) is 58.9 Å². The van der Waals surface area contributed by atoms with Gasteiger partial charge in [-0.1, -0.05) is 69.4 Å². The molecular weight excluding hydrogens is 705 g/mol. The van der Waals surface area contributed by atoms with Gasteiger partial charge in [-0.05, 0) is 97.6 Å². The van der Waals surface area contributed by atoms with Crippen molar-refractivity contribution >= 4 is 51.2 Å². The van der Waals surface area contributed by atoms with Crippen LogP contribution < -0.4 is 5.32 Å². The molecule has 2 fully saturated rings. The number of hydrogen-bond acceptors (Lipinski definition) is 8. The van der Waals surface area contributed by atoms with Crippen molar-refractivity contribution < 1.29 is 33.0 Å². The molecule has 1 saturated heterocycles. The summed E-state index contributed by atoms with van der Waals surface area (Å²) in [6, 6.07) is 13.6. The van der Waals surface area contributed by atoms with E-state index in [2.05, 4.69) is 22.5 Å². The summed E-state index contributed by atoms with van der Waals surface area (Å²) < 4.78 is 23.3. The zero-order valence-corrected chi connectivity index (χ0v) is 33.4. The number of nitrogens with one attached hydrogen (secondary N) is 1. The molecule has 9 nitrogen and oxygen atoms in total. The summed E-state index contributed by atoms with van der Waals surface area (Å²) in [7, 11) is -3.37. The normalized spacial score (nSPS) is 19.5. The Kier molecular flexibility index (Phi) is 17.8. The number of carbonyl (C=O) groups is 3. The largest absolute Gasteiger partial charge is 0.481 e.